The second kappa shape index (κ2) is 8.70. The van der Waals surface area contributed by atoms with E-state index >= 15 is 0 Å². The Balaban J connectivity index is 1.41. The minimum atomic E-state index is -0.497. The molecule has 170 valence electrons. The van der Waals surface area contributed by atoms with Crippen LogP contribution < -0.4 is 15.6 Å². The summed E-state index contributed by atoms with van der Waals surface area (Å²) >= 11 is 0. The van der Waals surface area contributed by atoms with Crippen molar-refractivity contribution in [3.05, 3.63) is 99.2 Å². The SMILES string of the molecule is COc1cc(Nc2ccc3ncn(CCc4c[nH]c5ccccc45)c(=O)c3c2)ccc1[N+](=O)[O-]. The third-order valence-corrected chi connectivity index (χ3v) is 5.79. The first-order valence-corrected chi connectivity index (χ1v) is 10.7. The minimum absolute atomic E-state index is 0.117. The van der Waals surface area contributed by atoms with E-state index < -0.39 is 4.92 Å². The summed E-state index contributed by atoms with van der Waals surface area (Å²) in [7, 11) is 1.38. The highest BCUT2D eigenvalue weighted by atomic mass is 16.6. The molecule has 9 heteroatoms. The van der Waals surface area contributed by atoms with Gasteiger partial charge >= 0.3 is 5.69 Å². The van der Waals surface area contributed by atoms with Crippen molar-refractivity contribution in [2.45, 2.75) is 13.0 Å². The highest BCUT2D eigenvalue weighted by Gasteiger charge is 2.15. The lowest BCUT2D eigenvalue weighted by molar-refractivity contribution is -0.385. The van der Waals surface area contributed by atoms with Gasteiger partial charge in [0.1, 0.15) is 0 Å². The summed E-state index contributed by atoms with van der Waals surface area (Å²) in [4.78, 5) is 31.5. The molecule has 3 aromatic carbocycles. The van der Waals surface area contributed by atoms with Gasteiger partial charge in [-0.05, 0) is 42.3 Å². The number of aryl methyl sites for hydroxylation is 2. The third-order valence-electron chi connectivity index (χ3n) is 5.79. The second-order valence-corrected chi connectivity index (χ2v) is 7.85. The van der Waals surface area contributed by atoms with Crippen LogP contribution in [0.25, 0.3) is 21.8 Å². The van der Waals surface area contributed by atoms with Crippen LogP contribution in [0.2, 0.25) is 0 Å². The Morgan fingerprint density at radius 2 is 1.88 bits per heavy atom. The Hall–Kier alpha value is -4.66. The average molecular weight is 455 g/mol. The van der Waals surface area contributed by atoms with Crippen LogP contribution >= 0.6 is 0 Å². The molecule has 0 unspecified atom stereocenters. The van der Waals surface area contributed by atoms with Crippen molar-refractivity contribution in [1.29, 1.82) is 0 Å². The highest BCUT2D eigenvalue weighted by molar-refractivity contribution is 5.84. The number of nitrogens with one attached hydrogen (secondary N) is 2. The smallest absolute Gasteiger partial charge is 0.311 e. The van der Waals surface area contributed by atoms with Gasteiger partial charge in [-0.2, -0.15) is 0 Å². The lowest BCUT2D eigenvalue weighted by atomic mass is 10.1. The molecule has 0 saturated heterocycles. The number of para-hydroxylation sites is 1. The molecule has 5 rings (SSSR count). The van der Waals surface area contributed by atoms with Crippen LogP contribution in [0.4, 0.5) is 17.1 Å². The van der Waals surface area contributed by atoms with Crippen LogP contribution in [0.15, 0.2) is 78.0 Å². The topological polar surface area (TPSA) is 115 Å². The quantitative estimate of drug-likeness (QED) is 0.270. The van der Waals surface area contributed by atoms with E-state index in [-0.39, 0.29) is 17.0 Å². The molecule has 0 radical (unpaired) electrons. The molecule has 0 fully saturated rings. The maximum absolute atomic E-state index is 13.2. The van der Waals surface area contributed by atoms with Crippen LogP contribution in [-0.2, 0) is 13.0 Å². The molecule has 0 bridgehead atoms. The van der Waals surface area contributed by atoms with Gasteiger partial charge in [-0.25, -0.2) is 4.98 Å². The first kappa shape index (κ1) is 21.2. The number of H-pyrrole nitrogens is 1. The first-order chi connectivity index (χ1) is 16.5. The number of nitro benzene ring substituents is 1. The lowest BCUT2D eigenvalue weighted by Gasteiger charge is -2.10. The van der Waals surface area contributed by atoms with Gasteiger partial charge in [-0.1, -0.05) is 18.2 Å². The largest absolute Gasteiger partial charge is 0.490 e. The molecule has 0 aliphatic carbocycles. The molecule has 0 aliphatic rings. The van der Waals surface area contributed by atoms with Crippen molar-refractivity contribution in [1.82, 2.24) is 14.5 Å². The van der Waals surface area contributed by atoms with Gasteiger partial charge in [-0.3, -0.25) is 19.5 Å². The van der Waals surface area contributed by atoms with Crippen LogP contribution in [0.3, 0.4) is 0 Å². The summed E-state index contributed by atoms with van der Waals surface area (Å²) in [6, 6.07) is 17.9. The van der Waals surface area contributed by atoms with Gasteiger partial charge in [0.25, 0.3) is 5.56 Å². The fraction of sp³-hybridized carbons (Fsp3) is 0.120. The number of hydrogen-bond donors (Lipinski definition) is 2. The van der Waals surface area contributed by atoms with E-state index in [1.165, 1.54) is 13.2 Å². The van der Waals surface area contributed by atoms with E-state index in [4.69, 9.17) is 4.74 Å². The summed E-state index contributed by atoms with van der Waals surface area (Å²) in [5, 5.41) is 15.9. The van der Waals surface area contributed by atoms with Gasteiger partial charge < -0.3 is 15.0 Å². The van der Waals surface area contributed by atoms with Gasteiger partial charge in [0, 0.05) is 47.2 Å². The molecule has 0 spiro atoms. The zero-order valence-corrected chi connectivity index (χ0v) is 18.3. The van der Waals surface area contributed by atoms with Crippen LogP contribution in [0.1, 0.15) is 5.56 Å². The first-order valence-electron chi connectivity index (χ1n) is 10.7. The number of hydrogen-bond acceptors (Lipinski definition) is 6. The molecule has 0 saturated carbocycles. The van der Waals surface area contributed by atoms with E-state index in [2.05, 4.69) is 21.4 Å². The minimum Gasteiger partial charge on any atom is -0.490 e. The number of anilines is 2. The van der Waals surface area contributed by atoms with Crippen molar-refractivity contribution in [3.8, 4) is 5.75 Å². The van der Waals surface area contributed by atoms with Crippen molar-refractivity contribution in [2.75, 3.05) is 12.4 Å². The molecule has 2 aromatic heterocycles. The Morgan fingerprint density at radius 1 is 1.09 bits per heavy atom. The number of rotatable bonds is 7. The van der Waals surface area contributed by atoms with Gasteiger partial charge in [0.05, 0.1) is 29.3 Å². The molecule has 2 N–H and O–H groups in total. The number of fused-ring (bicyclic) bond motifs is 2. The van der Waals surface area contributed by atoms with E-state index in [0.29, 0.717) is 35.2 Å². The standard InChI is InChI=1S/C25H21N5O4/c1-34-24-13-18(7-9-23(24)30(32)33)28-17-6-8-22-20(12-17)25(31)29(15-27-22)11-10-16-14-26-21-5-3-2-4-19(16)21/h2-9,12-15,26,28H,10-11H2,1H3. The average Bonchev–Trinajstić information content (AvgIpc) is 3.27. The van der Waals surface area contributed by atoms with Gasteiger partial charge in [0.15, 0.2) is 5.75 Å². The van der Waals surface area contributed by atoms with Gasteiger partial charge in [0.2, 0.25) is 0 Å². The molecule has 0 atom stereocenters. The van der Waals surface area contributed by atoms with E-state index in [1.54, 1.807) is 41.2 Å². The molecule has 2 heterocycles. The third kappa shape index (κ3) is 3.95. The van der Waals surface area contributed by atoms with Gasteiger partial charge in [-0.15, -0.1) is 0 Å². The Bertz CT molecular complexity index is 1590. The Kier molecular flexibility index (Phi) is 5.43. The van der Waals surface area contributed by atoms with E-state index in [1.807, 2.05) is 24.4 Å². The predicted octanol–water partition coefficient (Wildman–Crippen LogP) is 4.78. The predicted molar refractivity (Wildman–Crippen MR) is 131 cm³/mol. The maximum atomic E-state index is 13.2. The molecule has 9 nitrogen and oxygen atoms in total. The number of aromatic nitrogens is 3. The fourth-order valence-corrected chi connectivity index (χ4v) is 4.05. The molecule has 0 aliphatic heterocycles. The molecule has 34 heavy (non-hydrogen) atoms. The number of methoxy groups -OCH3 is 1. The number of benzene rings is 3. The van der Waals surface area contributed by atoms with Crippen LogP contribution in [0.5, 0.6) is 5.75 Å². The molecular weight excluding hydrogens is 434 g/mol. The number of ether oxygens (including phenoxy) is 1. The number of nitro groups is 1. The monoisotopic (exact) mass is 455 g/mol. The fourth-order valence-electron chi connectivity index (χ4n) is 4.05. The molecule has 5 aromatic rings. The summed E-state index contributed by atoms with van der Waals surface area (Å²) in [6.45, 7) is 0.501. The van der Waals surface area contributed by atoms with Crippen LogP contribution in [-0.4, -0.2) is 26.6 Å². The zero-order valence-electron chi connectivity index (χ0n) is 18.3. The normalized spacial score (nSPS) is 11.1. The van der Waals surface area contributed by atoms with Crippen molar-refractivity contribution in [2.24, 2.45) is 0 Å². The Labute approximate surface area is 193 Å². The lowest BCUT2D eigenvalue weighted by Crippen LogP contribution is -2.21. The molecule has 0 amide bonds. The van der Waals surface area contributed by atoms with Crippen LogP contribution in [0, 0.1) is 10.1 Å². The summed E-state index contributed by atoms with van der Waals surface area (Å²) < 4.78 is 6.74. The number of aromatic amines is 1. The second-order valence-electron chi connectivity index (χ2n) is 7.85. The van der Waals surface area contributed by atoms with E-state index in [0.717, 1.165) is 16.5 Å². The highest BCUT2D eigenvalue weighted by Crippen LogP contribution is 2.31. The van der Waals surface area contributed by atoms with E-state index in [9.17, 15) is 14.9 Å². The number of nitrogens with zero attached hydrogens (tertiary/aromatic N) is 3. The van der Waals surface area contributed by atoms with Crippen molar-refractivity contribution < 1.29 is 9.66 Å². The zero-order chi connectivity index (χ0) is 23.7. The summed E-state index contributed by atoms with van der Waals surface area (Å²) in [5.74, 6) is 0.150. The van der Waals surface area contributed by atoms with Crippen molar-refractivity contribution >= 4 is 38.9 Å². The maximum Gasteiger partial charge on any atom is 0.311 e. The summed E-state index contributed by atoms with van der Waals surface area (Å²) in [5.41, 5.74) is 3.83. The Morgan fingerprint density at radius 3 is 2.71 bits per heavy atom. The summed E-state index contributed by atoms with van der Waals surface area (Å²) in [6.07, 6.45) is 4.25. The molecular formula is C25H21N5O4. The van der Waals surface area contributed by atoms with Crippen molar-refractivity contribution in [3.63, 3.8) is 0 Å².